The molecular weight excluding hydrogens is 485 g/mol. The van der Waals surface area contributed by atoms with Crippen LogP contribution in [0.4, 0.5) is 5.69 Å². The van der Waals surface area contributed by atoms with E-state index in [1.165, 1.54) is 11.8 Å². The summed E-state index contributed by atoms with van der Waals surface area (Å²) in [4.78, 5) is 17.9. The summed E-state index contributed by atoms with van der Waals surface area (Å²) in [5.41, 5.74) is 6.09. The maximum Gasteiger partial charge on any atom is 0.264 e. The van der Waals surface area contributed by atoms with Crippen molar-refractivity contribution in [3.63, 3.8) is 0 Å². The number of thioether (sulfide) groups is 1. The van der Waals surface area contributed by atoms with E-state index in [1.807, 2.05) is 61.5 Å². The molecule has 0 atom stereocenters. The first kappa shape index (κ1) is 22.8. The average molecular weight is 506 g/mol. The Bertz CT molecular complexity index is 1490. The normalized spacial score (nSPS) is 16.1. The van der Waals surface area contributed by atoms with Crippen molar-refractivity contribution in [3.8, 4) is 0 Å². The number of nitrogens with one attached hydrogen (secondary N) is 1. The van der Waals surface area contributed by atoms with Crippen molar-refractivity contribution < 1.29 is 4.79 Å². The molecule has 1 fully saturated rings. The van der Waals surface area contributed by atoms with Gasteiger partial charge in [-0.1, -0.05) is 59.6 Å². The molecule has 0 aliphatic carbocycles. The van der Waals surface area contributed by atoms with Gasteiger partial charge in [0.2, 0.25) is 0 Å². The van der Waals surface area contributed by atoms with Gasteiger partial charge in [0.05, 0.1) is 10.6 Å². The van der Waals surface area contributed by atoms with Gasteiger partial charge in [0.15, 0.2) is 5.17 Å². The molecule has 34 heavy (non-hydrogen) atoms. The highest BCUT2D eigenvalue weighted by atomic mass is 35.5. The van der Waals surface area contributed by atoms with Gasteiger partial charge in [0, 0.05) is 38.8 Å². The number of rotatable bonds is 4. The molecule has 1 aromatic heterocycles. The fourth-order valence-corrected chi connectivity index (χ4v) is 5.12. The minimum atomic E-state index is -0.157. The summed E-state index contributed by atoms with van der Waals surface area (Å²) in [5.74, 6) is -0.157. The van der Waals surface area contributed by atoms with Gasteiger partial charge in [-0.05, 0) is 73.1 Å². The minimum absolute atomic E-state index is 0.157. The van der Waals surface area contributed by atoms with Crippen molar-refractivity contribution in [1.82, 2.24) is 9.88 Å². The van der Waals surface area contributed by atoms with Crippen molar-refractivity contribution in [1.29, 1.82) is 0 Å². The highest BCUT2D eigenvalue weighted by Crippen LogP contribution is 2.34. The predicted molar refractivity (Wildman–Crippen MR) is 144 cm³/mol. The SMILES string of the molecule is Cc1ccc(N=C2NC(=O)/C(=C/c3c(C)n(Cc4ccc(Cl)cc4)c4ccccc34)S2)cc1Cl. The van der Waals surface area contributed by atoms with E-state index in [0.29, 0.717) is 27.3 Å². The maximum absolute atomic E-state index is 12.8. The summed E-state index contributed by atoms with van der Waals surface area (Å²) in [5, 5.41) is 5.88. The van der Waals surface area contributed by atoms with E-state index >= 15 is 0 Å². The monoisotopic (exact) mass is 505 g/mol. The van der Waals surface area contributed by atoms with E-state index in [9.17, 15) is 4.79 Å². The van der Waals surface area contributed by atoms with Gasteiger partial charge in [-0.15, -0.1) is 0 Å². The number of amides is 1. The van der Waals surface area contributed by atoms with E-state index < -0.39 is 0 Å². The summed E-state index contributed by atoms with van der Waals surface area (Å²) in [6.07, 6.45) is 1.96. The van der Waals surface area contributed by atoms with Gasteiger partial charge in [-0.2, -0.15) is 0 Å². The van der Waals surface area contributed by atoms with Crippen LogP contribution in [0.5, 0.6) is 0 Å². The number of para-hydroxylation sites is 1. The van der Waals surface area contributed by atoms with Crippen LogP contribution < -0.4 is 5.32 Å². The zero-order valence-corrected chi connectivity index (χ0v) is 20.9. The zero-order valence-electron chi connectivity index (χ0n) is 18.6. The molecule has 3 aromatic carbocycles. The lowest BCUT2D eigenvalue weighted by Crippen LogP contribution is -2.19. The summed E-state index contributed by atoms with van der Waals surface area (Å²) >= 11 is 13.6. The Labute approximate surface area is 212 Å². The number of aryl methyl sites for hydroxylation is 1. The largest absolute Gasteiger partial charge is 0.340 e. The van der Waals surface area contributed by atoms with Crippen LogP contribution in [0.25, 0.3) is 17.0 Å². The lowest BCUT2D eigenvalue weighted by molar-refractivity contribution is -0.115. The van der Waals surface area contributed by atoms with Crippen LogP contribution >= 0.6 is 35.0 Å². The first-order valence-electron chi connectivity index (χ1n) is 10.8. The Morgan fingerprint density at radius 1 is 1.03 bits per heavy atom. The third kappa shape index (κ3) is 4.51. The van der Waals surface area contributed by atoms with Crippen molar-refractivity contribution in [2.45, 2.75) is 20.4 Å². The topological polar surface area (TPSA) is 46.4 Å². The average Bonchev–Trinajstić information content (AvgIpc) is 3.29. The van der Waals surface area contributed by atoms with E-state index in [0.717, 1.165) is 38.3 Å². The highest BCUT2D eigenvalue weighted by Gasteiger charge is 2.25. The predicted octanol–water partition coefficient (Wildman–Crippen LogP) is 7.50. The molecule has 1 N–H and O–H groups in total. The number of hydrogen-bond acceptors (Lipinski definition) is 3. The van der Waals surface area contributed by atoms with Crippen molar-refractivity contribution in [3.05, 3.63) is 104 Å². The second-order valence-electron chi connectivity index (χ2n) is 8.14. The molecule has 4 aromatic rings. The molecule has 2 heterocycles. The molecule has 1 aliphatic rings. The van der Waals surface area contributed by atoms with Crippen LogP contribution in [-0.2, 0) is 11.3 Å². The molecule has 0 radical (unpaired) electrons. The number of carbonyl (C=O) groups excluding carboxylic acids is 1. The number of nitrogens with zero attached hydrogens (tertiary/aromatic N) is 2. The second kappa shape index (κ2) is 9.34. The number of aromatic nitrogens is 1. The number of fused-ring (bicyclic) bond motifs is 1. The van der Waals surface area contributed by atoms with Crippen LogP contribution in [0, 0.1) is 13.8 Å². The van der Waals surface area contributed by atoms with Crippen molar-refractivity contribution >= 4 is 68.7 Å². The molecule has 0 bridgehead atoms. The third-order valence-electron chi connectivity index (χ3n) is 5.85. The minimum Gasteiger partial charge on any atom is -0.340 e. The lowest BCUT2D eigenvalue weighted by atomic mass is 10.1. The Kier molecular flexibility index (Phi) is 6.26. The van der Waals surface area contributed by atoms with Crippen LogP contribution in [0.3, 0.4) is 0 Å². The Hall–Kier alpha value is -2.99. The van der Waals surface area contributed by atoms with Gasteiger partial charge < -0.3 is 9.88 Å². The maximum atomic E-state index is 12.8. The molecule has 0 saturated carbocycles. The molecule has 5 rings (SSSR count). The van der Waals surface area contributed by atoms with E-state index in [1.54, 1.807) is 6.07 Å². The Morgan fingerprint density at radius 3 is 2.56 bits per heavy atom. The number of carbonyl (C=O) groups is 1. The van der Waals surface area contributed by atoms with Crippen LogP contribution in [0.15, 0.2) is 76.6 Å². The van der Waals surface area contributed by atoms with E-state index in [4.69, 9.17) is 23.2 Å². The first-order chi connectivity index (χ1) is 16.4. The smallest absolute Gasteiger partial charge is 0.264 e. The summed E-state index contributed by atoms with van der Waals surface area (Å²) in [6, 6.07) is 21.7. The molecule has 1 saturated heterocycles. The first-order valence-corrected chi connectivity index (χ1v) is 12.3. The lowest BCUT2D eigenvalue weighted by Gasteiger charge is -2.09. The van der Waals surface area contributed by atoms with E-state index in [-0.39, 0.29) is 5.91 Å². The molecule has 7 heteroatoms. The summed E-state index contributed by atoms with van der Waals surface area (Å²) < 4.78 is 2.27. The van der Waals surface area contributed by atoms with Gasteiger partial charge in [0.1, 0.15) is 0 Å². The highest BCUT2D eigenvalue weighted by molar-refractivity contribution is 8.18. The number of hydrogen-bond donors (Lipinski definition) is 1. The molecule has 0 unspecified atom stereocenters. The number of aliphatic imine (C=N–C) groups is 1. The number of halogens is 2. The van der Waals surface area contributed by atoms with Gasteiger partial charge >= 0.3 is 0 Å². The molecule has 1 amide bonds. The number of amidine groups is 1. The van der Waals surface area contributed by atoms with Crippen molar-refractivity contribution in [2.75, 3.05) is 0 Å². The molecule has 0 spiro atoms. The van der Waals surface area contributed by atoms with Gasteiger partial charge in [-0.3, -0.25) is 4.79 Å². The zero-order chi connectivity index (χ0) is 23.8. The van der Waals surface area contributed by atoms with Gasteiger partial charge in [-0.25, -0.2) is 4.99 Å². The quantitative estimate of drug-likeness (QED) is 0.291. The summed E-state index contributed by atoms with van der Waals surface area (Å²) in [7, 11) is 0. The molecule has 170 valence electrons. The van der Waals surface area contributed by atoms with Crippen LogP contribution in [-0.4, -0.2) is 15.6 Å². The molecular formula is C27H21Cl2N3OS. The third-order valence-corrected chi connectivity index (χ3v) is 7.42. The standard InChI is InChI=1S/C27H21Cl2N3OS/c1-16-7-12-20(13-23(16)29)30-27-31-26(33)25(34-27)14-22-17(2)32(24-6-4-3-5-21(22)24)15-18-8-10-19(28)11-9-18/h3-14H,15H2,1-2H3,(H,30,31,33)/b25-14-. The molecule has 1 aliphatic heterocycles. The van der Waals surface area contributed by atoms with Gasteiger partial charge in [0.25, 0.3) is 5.91 Å². The van der Waals surface area contributed by atoms with Crippen LogP contribution in [0.1, 0.15) is 22.4 Å². The number of benzene rings is 3. The van der Waals surface area contributed by atoms with E-state index in [2.05, 4.69) is 33.9 Å². The fourth-order valence-electron chi connectivity index (χ4n) is 4.00. The Balaban J connectivity index is 1.50. The summed E-state index contributed by atoms with van der Waals surface area (Å²) in [6.45, 7) is 4.74. The molecule has 4 nitrogen and oxygen atoms in total. The van der Waals surface area contributed by atoms with Crippen LogP contribution in [0.2, 0.25) is 10.0 Å². The Morgan fingerprint density at radius 2 is 1.79 bits per heavy atom. The fraction of sp³-hybridized carbons (Fsp3) is 0.111. The van der Waals surface area contributed by atoms with Crippen molar-refractivity contribution in [2.24, 2.45) is 4.99 Å². The second-order valence-corrected chi connectivity index (χ2v) is 10.0.